The Morgan fingerprint density at radius 2 is 1.79 bits per heavy atom. The van der Waals surface area contributed by atoms with Gasteiger partial charge in [-0.1, -0.05) is 54.6 Å². The third-order valence-corrected chi connectivity index (χ3v) is 5.58. The lowest BCUT2D eigenvalue weighted by atomic mass is 10.0. The van der Waals surface area contributed by atoms with Gasteiger partial charge < -0.3 is 10.1 Å². The summed E-state index contributed by atoms with van der Waals surface area (Å²) in [5, 5.41) is 6.10. The van der Waals surface area contributed by atoms with E-state index < -0.39 is 0 Å². The van der Waals surface area contributed by atoms with E-state index in [9.17, 15) is 0 Å². The number of hydrogen-bond donors (Lipinski definition) is 1. The van der Waals surface area contributed by atoms with Crippen LogP contribution in [0.15, 0.2) is 66.7 Å². The number of nitrogens with one attached hydrogen (secondary N) is 1. The molecule has 1 aliphatic heterocycles. The van der Waals surface area contributed by atoms with Gasteiger partial charge in [0.15, 0.2) is 0 Å². The molecule has 3 heteroatoms. The number of hydrogen-bond acceptors (Lipinski definition) is 3. The van der Waals surface area contributed by atoms with Crippen LogP contribution in [0, 0.1) is 5.92 Å². The first kappa shape index (κ1) is 19.0. The first-order valence-electron chi connectivity index (χ1n) is 10.4. The summed E-state index contributed by atoms with van der Waals surface area (Å²) in [7, 11) is 2.18. The van der Waals surface area contributed by atoms with E-state index in [4.69, 9.17) is 4.74 Å². The van der Waals surface area contributed by atoms with Crippen molar-refractivity contribution >= 4 is 10.8 Å². The molecule has 3 aromatic carbocycles. The van der Waals surface area contributed by atoms with Crippen molar-refractivity contribution in [1.29, 1.82) is 0 Å². The van der Waals surface area contributed by atoms with Crippen LogP contribution in [0.4, 0.5) is 0 Å². The Labute approximate surface area is 168 Å². The summed E-state index contributed by atoms with van der Waals surface area (Å²) < 4.78 is 6.00. The molecule has 0 spiro atoms. The van der Waals surface area contributed by atoms with Crippen LogP contribution in [0.25, 0.3) is 10.8 Å². The van der Waals surface area contributed by atoms with E-state index in [2.05, 4.69) is 84.0 Å². The van der Waals surface area contributed by atoms with Gasteiger partial charge in [-0.05, 0) is 60.5 Å². The van der Waals surface area contributed by atoms with Crippen molar-refractivity contribution < 1.29 is 4.74 Å². The fourth-order valence-electron chi connectivity index (χ4n) is 4.06. The SMILES string of the molecule is CN(Cc1ccc(OC[C@H]2CCCNC2)cc1)Cc1cccc2ccccc12. The maximum absolute atomic E-state index is 6.00. The molecule has 1 N–H and O–H groups in total. The van der Waals surface area contributed by atoms with E-state index in [1.807, 2.05) is 0 Å². The monoisotopic (exact) mass is 374 g/mol. The lowest BCUT2D eigenvalue weighted by molar-refractivity contribution is 0.218. The summed E-state index contributed by atoms with van der Waals surface area (Å²) in [4.78, 5) is 2.37. The van der Waals surface area contributed by atoms with Crippen LogP contribution in [-0.4, -0.2) is 31.6 Å². The zero-order valence-corrected chi connectivity index (χ0v) is 16.7. The van der Waals surface area contributed by atoms with Crippen LogP contribution in [0.3, 0.4) is 0 Å². The maximum atomic E-state index is 6.00. The minimum atomic E-state index is 0.639. The molecule has 0 saturated carbocycles. The second kappa shape index (κ2) is 9.22. The zero-order chi connectivity index (χ0) is 19.2. The molecular formula is C25H30N2O. The molecule has 146 valence electrons. The Balaban J connectivity index is 1.32. The van der Waals surface area contributed by atoms with Gasteiger partial charge >= 0.3 is 0 Å². The first-order valence-corrected chi connectivity index (χ1v) is 10.4. The average Bonchev–Trinajstić information content (AvgIpc) is 2.74. The number of piperidine rings is 1. The largest absolute Gasteiger partial charge is 0.493 e. The van der Waals surface area contributed by atoms with Gasteiger partial charge in [0.2, 0.25) is 0 Å². The normalized spacial score (nSPS) is 17.1. The van der Waals surface area contributed by atoms with Gasteiger partial charge in [0.05, 0.1) is 6.61 Å². The average molecular weight is 375 g/mol. The number of rotatable bonds is 7. The minimum absolute atomic E-state index is 0.639. The summed E-state index contributed by atoms with van der Waals surface area (Å²) in [6, 6.07) is 23.8. The minimum Gasteiger partial charge on any atom is -0.493 e. The number of nitrogens with zero attached hydrogens (tertiary/aromatic N) is 1. The summed E-state index contributed by atoms with van der Waals surface area (Å²) in [6.07, 6.45) is 2.53. The molecule has 0 aromatic heterocycles. The van der Waals surface area contributed by atoms with Crippen molar-refractivity contribution in [3.8, 4) is 5.75 Å². The van der Waals surface area contributed by atoms with Crippen molar-refractivity contribution in [2.45, 2.75) is 25.9 Å². The lowest BCUT2D eigenvalue weighted by Gasteiger charge is -2.23. The topological polar surface area (TPSA) is 24.5 Å². The third kappa shape index (κ3) is 4.92. The number of fused-ring (bicyclic) bond motifs is 1. The molecule has 0 bridgehead atoms. The van der Waals surface area contributed by atoms with Crippen LogP contribution < -0.4 is 10.1 Å². The molecule has 0 amide bonds. The Hall–Kier alpha value is -2.36. The van der Waals surface area contributed by atoms with Gasteiger partial charge in [-0.2, -0.15) is 0 Å². The number of benzene rings is 3. The maximum Gasteiger partial charge on any atom is 0.119 e. The van der Waals surface area contributed by atoms with E-state index in [0.29, 0.717) is 5.92 Å². The zero-order valence-electron chi connectivity index (χ0n) is 16.7. The molecule has 0 radical (unpaired) electrons. The van der Waals surface area contributed by atoms with Crippen molar-refractivity contribution in [2.24, 2.45) is 5.92 Å². The van der Waals surface area contributed by atoms with Gasteiger partial charge in [-0.15, -0.1) is 0 Å². The van der Waals surface area contributed by atoms with Crippen LogP contribution >= 0.6 is 0 Å². The predicted octanol–water partition coefficient (Wildman–Crippen LogP) is 4.85. The number of ether oxygens (including phenoxy) is 1. The fourth-order valence-corrected chi connectivity index (χ4v) is 4.06. The molecule has 28 heavy (non-hydrogen) atoms. The Morgan fingerprint density at radius 1 is 0.964 bits per heavy atom. The molecule has 1 aliphatic rings. The highest BCUT2D eigenvalue weighted by Crippen LogP contribution is 2.21. The van der Waals surface area contributed by atoms with Crippen LogP contribution in [0.2, 0.25) is 0 Å². The molecule has 1 atom stereocenters. The van der Waals surface area contributed by atoms with E-state index in [-0.39, 0.29) is 0 Å². The highest BCUT2D eigenvalue weighted by atomic mass is 16.5. The van der Waals surface area contributed by atoms with Crippen LogP contribution in [0.1, 0.15) is 24.0 Å². The van der Waals surface area contributed by atoms with Crippen LogP contribution in [-0.2, 0) is 13.1 Å². The predicted molar refractivity (Wildman–Crippen MR) is 117 cm³/mol. The first-order chi connectivity index (χ1) is 13.8. The van der Waals surface area contributed by atoms with Gasteiger partial charge in [0, 0.05) is 25.6 Å². The van der Waals surface area contributed by atoms with E-state index >= 15 is 0 Å². The Bertz CT molecular complexity index is 879. The molecule has 4 rings (SSSR count). The Kier molecular flexibility index (Phi) is 6.25. The smallest absolute Gasteiger partial charge is 0.119 e. The molecule has 3 nitrogen and oxygen atoms in total. The fraction of sp³-hybridized carbons (Fsp3) is 0.360. The summed E-state index contributed by atoms with van der Waals surface area (Å²) in [6.45, 7) is 4.91. The van der Waals surface area contributed by atoms with E-state index in [1.54, 1.807) is 0 Å². The highest BCUT2D eigenvalue weighted by Gasteiger charge is 2.13. The molecule has 1 heterocycles. The molecule has 0 aliphatic carbocycles. The second-order valence-electron chi connectivity index (χ2n) is 7.98. The molecule has 0 unspecified atom stereocenters. The summed E-state index contributed by atoms with van der Waals surface area (Å²) >= 11 is 0. The van der Waals surface area contributed by atoms with Crippen molar-refractivity contribution in [2.75, 3.05) is 26.7 Å². The van der Waals surface area contributed by atoms with Crippen molar-refractivity contribution in [3.05, 3.63) is 77.9 Å². The van der Waals surface area contributed by atoms with E-state index in [1.165, 1.54) is 34.7 Å². The van der Waals surface area contributed by atoms with Crippen molar-refractivity contribution in [3.63, 3.8) is 0 Å². The Morgan fingerprint density at radius 3 is 2.61 bits per heavy atom. The van der Waals surface area contributed by atoms with Crippen molar-refractivity contribution in [1.82, 2.24) is 10.2 Å². The molecular weight excluding hydrogens is 344 g/mol. The second-order valence-corrected chi connectivity index (χ2v) is 7.98. The van der Waals surface area contributed by atoms with Gasteiger partial charge in [-0.25, -0.2) is 0 Å². The van der Waals surface area contributed by atoms with Gasteiger partial charge in [-0.3, -0.25) is 4.90 Å². The van der Waals surface area contributed by atoms with E-state index in [0.717, 1.165) is 38.5 Å². The molecule has 1 fully saturated rings. The molecule has 3 aromatic rings. The molecule has 1 saturated heterocycles. The van der Waals surface area contributed by atoms with Gasteiger partial charge in [0.1, 0.15) is 5.75 Å². The quantitative estimate of drug-likeness (QED) is 0.640. The van der Waals surface area contributed by atoms with Gasteiger partial charge in [0.25, 0.3) is 0 Å². The van der Waals surface area contributed by atoms with Crippen LogP contribution in [0.5, 0.6) is 5.75 Å². The summed E-state index contributed by atoms with van der Waals surface area (Å²) in [5.41, 5.74) is 2.69. The summed E-state index contributed by atoms with van der Waals surface area (Å²) in [5.74, 6) is 1.62. The lowest BCUT2D eigenvalue weighted by Crippen LogP contribution is -2.33. The standard InChI is InChI=1S/C25H30N2O/c1-27(18-23-9-4-8-22-7-2-3-10-25(22)23)17-20-11-13-24(14-12-20)28-19-21-6-5-15-26-16-21/h2-4,7-14,21,26H,5-6,15-19H2,1H3/t21-/m0/s1. The third-order valence-electron chi connectivity index (χ3n) is 5.58. The highest BCUT2D eigenvalue weighted by molar-refractivity contribution is 5.85.